The van der Waals surface area contributed by atoms with Gasteiger partial charge in [-0.05, 0) is 37.2 Å². The maximum Gasteiger partial charge on any atom is 0.165 e. The summed E-state index contributed by atoms with van der Waals surface area (Å²) in [5, 5.41) is 7.74. The Hall–Kier alpha value is -1.88. The van der Waals surface area contributed by atoms with E-state index in [9.17, 15) is 4.39 Å². The molecule has 2 aromatic rings. The Labute approximate surface area is 124 Å². The first kappa shape index (κ1) is 15.5. The van der Waals surface area contributed by atoms with Gasteiger partial charge in [-0.3, -0.25) is 4.68 Å². The molecule has 0 saturated heterocycles. The summed E-state index contributed by atoms with van der Waals surface area (Å²) in [4.78, 5) is 0. The molecule has 0 aliphatic heterocycles. The van der Waals surface area contributed by atoms with E-state index in [-0.39, 0.29) is 17.6 Å². The summed E-state index contributed by atoms with van der Waals surface area (Å²) in [7, 11) is 5.33. The first-order valence-corrected chi connectivity index (χ1v) is 7.11. The van der Waals surface area contributed by atoms with E-state index in [0.717, 1.165) is 29.8 Å². The van der Waals surface area contributed by atoms with Crippen LogP contribution in [-0.4, -0.2) is 23.9 Å². The fourth-order valence-corrected chi connectivity index (χ4v) is 2.42. The normalized spacial score (nSPS) is 12.4. The van der Waals surface area contributed by atoms with Crippen LogP contribution in [0.4, 0.5) is 4.39 Å². The average Bonchev–Trinajstić information content (AvgIpc) is 2.85. The van der Waals surface area contributed by atoms with Crippen molar-refractivity contribution < 1.29 is 9.13 Å². The van der Waals surface area contributed by atoms with Crippen LogP contribution in [0.3, 0.4) is 0 Å². The van der Waals surface area contributed by atoms with Gasteiger partial charge in [0.25, 0.3) is 0 Å². The van der Waals surface area contributed by atoms with Crippen LogP contribution in [-0.2, 0) is 19.9 Å². The van der Waals surface area contributed by atoms with Crippen LogP contribution < -0.4 is 10.1 Å². The zero-order valence-electron chi connectivity index (χ0n) is 13.0. The van der Waals surface area contributed by atoms with Gasteiger partial charge in [-0.2, -0.15) is 5.10 Å². The lowest BCUT2D eigenvalue weighted by atomic mass is 10.0. The second kappa shape index (κ2) is 6.72. The van der Waals surface area contributed by atoms with Crippen molar-refractivity contribution in [1.82, 2.24) is 15.1 Å². The van der Waals surface area contributed by atoms with Gasteiger partial charge in [-0.15, -0.1) is 0 Å². The van der Waals surface area contributed by atoms with E-state index in [2.05, 4.69) is 23.4 Å². The van der Waals surface area contributed by atoms with Crippen molar-refractivity contribution in [3.8, 4) is 5.75 Å². The second-order valence-corrected chi connectivity index (χ2v) is 5.04. The van der Waals surface area contributed by atoms with Crippen molar-refractivity contribution in [1.29, 1.82) is 0 Å². The summed E-state index contributed by atoms with van der Waals surface area (Å²) in [5.74, 6) is -0.0723. The van der Waals surface area contributed by atoms with E-state index >= 15 is 0 Å². The largest absolute Gasteiger partial charge is 0.494 e. The second-order valence-electron chi connectivity index (χ2n) is 5.04. The number of aromatic nitrogens is 2. The molecule has 4 nitrogen and oxygen atoms in total. The summed E-state index contributed by atoms with van der Waals surface area (Å²) in [6.45, 7) is 2.09. The Bertz CT molecular complexity index is 610. The number of methoxy groups -OCH3 is 1. The first-order chi connectivity index (χ1) is 10.1. The molecule has 1 unspecified atom stereocenters. The van der Waals surface area contributed by atoms with Gasteiger partial charge < -0.3 is 10.1 Å². The fourth-order valence-electron chi connectivity index (χ4n) is 2.42. The minimum Gasteiger partial charge on any atom is -0.494 e. The van der Waals surface area contributed by atoms with E-state index in [1.807, 2.05) is 18.8 Å². The predicted octanol–water partition coefficient (Wildman–Crippen LogP) is 2.63. The van der Waals surface area contributed by atoms with Crippen molar-refractivity contribution in [2.45, 2.75) is 25.8 Å². The molecular formula is C16H22FN3O. The standard InChI is InChI=1S/C16H22FN3O/c1-5-12-9-13(20(3)19-12)10-15(18-2)11-6-7-14(17)16(8-11)21-4/h6-9,15,18H,5,10H2,1-4H3. The SMILES string of the molecule is CCc1cc(CC(NC)c2ccc(F)c(OC)c2)n(C)n1. The van der Waals surface area contributed by atoms with E-state index in [1.165, 1.54) is 13.2 Å². The Balaban J connectivity index is 2.25. The monoisotopic (exact) mass is 291 g/mol. The molecule has 21 heavy (non-hydrogen) atoms. The predicted molar refractivity (Wildman–Crippen MR) is 81.0 cm³/mol. The minimum absolute atomic E-state index is 0.0830. The number of likely N-dealkylation sites (N-methyl/N-ethyl adjacent to an activating group) is 1. The average molecular weight is 291 g/mol. The van der Waals surface area contributed by atoms with Crippen LogP contribution in [0.1, 0.15) is 29.9 Å². The van der Waals surface area contributed by atoms with Crippen LogP contribution in [0.2, 0.25) is 0 Å². The summed E-state index contributed by atoms with van der Waals surface area (Å²) < 4.78 is 20.5. The number of aryl methyl sites for hydroxylation is 2. The van der Waals surface area contributed by atoms with E-state index in [1.54, 1.807) is 12.1 Å². The van der Waals surface area contributed by atoms with Crippen LogP contribution in [0.15, 0.2) is 24.3 Å². The molecule has 1 aromatic heterocycles. The van der Waals surface area contributed by atoms with Crippen LogP contribution >= 0.6 is 0 Å². The molecular weight excluding hydrogens is 269 g/mol. The first-order valence-electron chi connectivity index (χ1n) is 7.11. The lowest BCUT2D eigenvalue weighted by Gasteiger charge is -2.17. The zero-order valence-corrected chi connectivity index (χ0v) is 13.0. The molecule has 0 aliphatic carbocycles. The van der Waals surface area contributed by atoms with Crippen LogP contribution in [0, 0.1) is 5.82 Å². The smallest absolute Gasteiger partial charge is 0.165 e. The van der Waals surface area contributed by atoms with Gasteiger partial charge in [0.2, 0.25) is 0 Å². The fraction of sp³-hybridized carbons (Fsp3) is 0.438. The Morgan fingerprint density at radius 1 is 1.38 bits per heavy atom. The summed E-state index contributed by atoms with van der Waals surface area (Å²) >= 11 is 0. The van der Waals surface area contributed by atoms with Crippen LogP contribution in [0.5, 0.6) is 5.75 Å². The number of benzene rings is 1. The van der Waals surface area contributed by atoms with Gasteiger partial charge in [-0.1, -0.05) is 13.0 Å². The third-order valence-electron chi connectivity index (χ3n) is 3.73. The molecule has 0 fully saturated rings. The molecule has 5 heteroatoms. The van der Waals surface area contributed by atoms with Crippen molar-refractivity contribution >= 4 is 0 Å². The lowest BCUT2D eigenvalue weighted by molar-refractivity contribution is 0.385. The molecule has 1 heterocycles. The van der Waals surface area contributed by atoms with Gasteiger partial charge >= 0.3 is 0 Å². The van der Waals surface area contributed by atoms with E-state index in [0.29, 0.717) is 0 Å². The summed E-state index contributed by atoms with van der Waals surface area (Å²) in [5.41, 5.74) is 3.23. The number of hydrogen-bond acceptors (Lipinski definition) is 3. The third kappa shape index (κ3) is 3.42. The van der Waals surface area contributed by atoms with E-state index < -0.39 is 0 Å². The van der Waals surface area contributed by atoms with Gasteiger partial charge in [0.1, 0.15) is 0 Å². The highest BCUT2D eigenvalue weighted by Crippen LogP contribution is 2.25. The Morgan fingerprint density at radius 2 is 2.14 bits per heavy atom. The van der Waals surface area contributed by atoms with Gasteiger partial charge in [-0.25, -0.2) is 4.39 Å². The summed E-state index contributed by atoms with van der Waals surface area (Å²) in [6, 6.07) is 7.17. The molecule has 0 saturated carbocycles. The number of halogens is 1. The molecule has 0 amide bonds. The third-order valence-corrected chi connectivity index (χ3v) is 3.73. The van der Waals surface area contributed by atoms with Gasteiger partial charge in [0, 0.05) is 25.2 Å². The molecule has 1 atom stereocenters. The molecule has 0 spiro atoms. The number of ether oxygens (including phenoxy) is 1. The topological polar surface area (TPSA) is 39.1 Å². The number of nitrogens with zero attached hydrogens (tertiary/aromatic N) is 2. The van der Waals surface area contributed by atoms with Crippen molar-refractivity contribution in [2.24, 2.45) is 7.05 Å². The minimum atomic E-state index is -0.343. The van der Waals surface area contributed by atoms with E-state index in [4.69, 9.17) is 4.74 Å². The number of hydrogen-bond donors (Lipinski definition) is 1. The van der Waals surface area contributed by atoms with Crippen molar-refractivity contribution in [2.75, 3.05) is 14.2 Å². The van der Waals surface area contributed by atoms with Crippen molar-refractivity contribution in [3.05, 3.63) is 47.0 Å². The van der Waals surface area contributed by atoms with Gasteiger partial charge in [0.05, 0.1) is 12.8 Å². The quantitative estimate of drug-likeness (QED) is 0.889. The highest BCUT2D eigenvalue weighted by Gasteiger charge is 2.15. The highest BCUT2D eigenvalue weighted by molar-refractivity contribution is 5.33. The number of nitrogens with one attached hydrogen (secondary N) is 1. The maximum absolute atomic E-state index is 13.5. The Morgan fingerprint density at radius 3 is 2.71 bits per heavy atom. The molecule has 0 bridgehead atoms. The van der Waals surface area contributed by atoms with Gasteiger partial charge in [0.15, 0.2) is 11.6 Å². The Kier molecular flexibility index (Phi) is 4.96. The van der Waals surface area contributed by atoms with Crippen molar-refractivity contribution in [3.63, 3.8) is 0 Å². The molecule has 2 rings (SSSR count). The molecule has 0 aliphatic rings. The summed E-state index contributed by atoms with van der Waals surface area (Å²) in [6.07, 6.45) is 1.71. The zero-order chi connectivity index (χ0) is 15.4. The molecule has 114 valence electrons. The molecule has 0 radical (unpaired) electrons. The molecule has 1 aromatic carbocycles. The highest BCUT2D eigenvalue weighted by atomic mass is 19.1. The molecule has 1 N–H and O–H groups in total. The number of rotatable bonds is 6. The van der Waals surface area contributed by atoms with Crippen LogP contribution in [0.25, 0.3) is 0 Å². The maximum atomic E-state index is 13.5. The lowest BCUT2D eigenvalue weighted by Crippen LogP contribution is -2.20.